The molecule has 4 heteroatoms. The molecule has 0 amide bonds. The van der Waals surface area contributed by atoms with Crippen molar-refractivity contribution in [3.8, 4) is 6.07 Å². The van der Waals surface area contributed by atoms with Crippen LogP contribution in [-0.4, -0.2) is 12.1 Å². The van der Waals surface area contributed by atoms with Crippen LogP contribution in [0.5, 0.6) is 0 Å². The third kappa shape index (κ3) is 2.07. The fraction of sp³-hybridized carbons (Fsp3) is 0.556. The second-order valence-corrected chi connectivity index (χ2v) is 2.84. The van der Waals surface area contributed by atoms with Crippen LogP contribution in [0.2, 0.25) is 0 Å². The van der Waals surface area contributed by atoms with Gasteiger partial charge in [0.25, 0.3) is 0 Å². The number of methoxy groups -OCH3 is 1. The Balaban J connectivity index is 2.91. The third-order valence-corrected chi connectivity index (χ3v) is 1.73. The van der Waals surface area contributed by atoms with Gasteiger partial charge in [-0.05, 0) is 13.8 Å². The van der Waals surface area contributed by atoms with Crippen LogP contribution in [0.25, 0.3) is 0 Å². The van der Waals surface area contributed by atoms with Crippen molar-refractivity contribution in [2.75, 3.05) is 7.11 Å². The Hall–Kier alpha value is -1.34. The van der Waals surface area contributed by atoms with Gasteiger partial charge >= 0.3 is 0 Å². The van der Waals surface area contributed by atoms with Crippen molar-refractivity contribution in [1.82, 2.24) is 4.98 Å². The van der Waals surface area contributed by atoms with Crippen LogP contribution in [0.4, 0.5) is 0 Å². The van der Waals surface area contributed by atoms with Gasteiger partial charge in [0.15, 0.2) is 0 Å². The zero-order valence-electron chi connectivity index (χ0n) is 8.00. The first-order valence-corrected chi connectivity index (χ1v) is 4.03. The highest BCUT2D eigenvalue weighted by Crippen LogP contribution is 2.20. The molecule has 0 saturated carbocycles. The third-order valence-electron chi connectivity index (χ3n) is 1.73. The van der Waals surface area contributed by atoms with Crippen LogP contribution in [0.1, 0.15) is 30.2 Å². The standard InChI is InChI=1S/C9H12N2O2/c1-6(4-10)9-7(2)11-8(13-9)5-12-3/h6H,5H2,1-3H3. The average molecular weight is 180 g/mol. The summed E-state index contributed by atoms with van der Waals surface area (Å²) in [6.07, 6.45) is 0. The van der Waals surface area contributed by atoms with Gasteiger partial charge in [-0.2, -0.15) is 5.26 Å². The summed E-state index contributed by atoms with van der Waals surface area (Å²) in [5, 5.41) is 8.68. The molecular formula is C9H12N2O2. The van der Waals surface area contributed by atoms with Crippen LogP contribution in [0, 0.1) is 18.3 Å². The molecule has 1 heterocycles. The first kappa shape index (κ1) is 9.75. The molecule has 0 spiro atoms. The Bertz CT molecular complexity index is 325. The van der Waals surface area contributed by atoms with Crippen molar-refractivity contribution < 1.29 is 9.15 Å². The zero-order valence-corrected chi connectivity index (χ0v) is 8.00. The first-order valence-electron chi connectivity index (χ1n) is 4.03. The van der Waals surface area contributed by atoms with E-state index in [1.54, 1.807) is 14.0 Å². The highest BCUT2D eigenvalue weighted by Gasteiger charge is 2.15. The molecule has 0 bridgehead atoms. The molecule has 0 N–H and O–H groups in total. The fourth-order valence-electron chi connectivity index (χ4n) is 1.11. The maximum atomic E-state index is 8.68. The lowest BCUT2D eigenvalue weighted by Gasteiger charge is -1.96. The van der Waals surface area contributed by atoms with E-state index in [-0.39, 0.29) is 5.92 Å². The molecule has 0 radical (unpaired) electrons. The van der Waals surface area contributed by atoms with Gasteiger partial charge in [0.1, 0.15) is 18.3 Å². The molecule has 0 saturated heterocycles. The molecule has 1 unspecified atom stereocenters. The molecule has 1 rings (SSSR count). The maximum absolute atomic E-state index is 8.68. The molecule has 0 aliphatic heterocycles. The van der Waals surface area contributed by atoms with Crippen LogP contribution in [0.15, 0.2) is 4.42 Å². The highest BCUT2D eigenvalue weighted by molar-refractivity contribution is 5.17. The van der Waals surface area contributed by atoms with E-state index in [0.29, 0.717) is 18.3 Å². The van der Waals surface area contributed by atoms with Crippen molar-refractivity contribution in [2.45, 2.75) is 26.4 Å². The molecule has 13 heavy (non-hydrogen) atoms. The van der Waals surface area contributed by atoms with E-state index >= 15 is 0 Å². The summed E-state index contributed by atoms with van der Waals surface area (Å²) in [4.78, 5) is 4.13. The fourth-order valence-corrected chi connectivity index (χ4v) is 1.11. The molecule has 0 fully saturated rings. The smallest absolute Gasteiger partial charge is 0.220 e. The van der Waals surface area contributed by atoms with E-state index < -0.39 is 0 Å². The monoisotopic (exact) mass is 180 g/mol. The van der Waals surface area contributed by atoms with Crippen molar-refractivity contribution in [3.05, 3.63) is 17.3 Å². The van der Waals surface area contributed by atoms with Gasteiger partial charge in [0, 0.05) is 7.11 Å². The van der Waals surface area contributed by atoms with Gasteiger partial charge in [-0.3, -0.25) is 0 Å². The molecule has 1 aromatic rings. The quantitative estimate of drug-likeness (QED) is 0.711. The van der Waals surface area contributed by atoms with Crippen LogP contribution >= 0.6 is 0 Å². The number of rotatable bonds is 3. The number of aromatic nitrogens is 1. The predicted octanol–water partition coefficient (Wildman–Crippen LogP) is 1.76. The largest absolute Gasteiger partial charge is 0.442 e. The molecule has 1 atom stereocenters. The topological polar surface area (TPSA) is 59.0 Å². The predicted molar refractivity (Wildman–Crippen MR) is 46.0 cm³/mol. The second-order valence-electron chi connectivity index (χ2n) is 2.84. The minimum atomic E-state index is -0.252. The lowest BCUT2D eigenvalue weighted by atomic mass is 10.1. The summed E-state index contributed by atoms with van der Waals surface area (Å²) in [6.45, 7) is 3.95. The molecule has 4 nitrogen and oxygen atoms in total. The Morgan fingerprint density at radius 1 is 1.69 bits per heavy atom. The van der Waals surface area contributed by atoms with E-state index in [1.165, 1.54) is 0 Å². The Morgan fingerprint density at radius 3 is 2.92 bits per heavy atom. The summed E-state index contributed by atoms with van der Waals surface area (Å²) in [5.74, 6) is 0.907. The first-order chi connectivity index (χ1) is 6.19. The highest BCUT2D eigenvalue weighted by atomic mass is 16.5. The van der Waals surface area contributed by atoms with E-state index in [9.17, 15) is 0 Å². The summed E-state index contributed by atoms with van der Waals surface area (Å²) in [6, 6.07) is 2.10. The molecular weight excluding hydrogens is 168 g/mol. The number of hydrogen-bond acceptors (Lipinski definition) is 4. The van der Waals surface area contributed by atoms with Crippen LogP contribution in [-0.2, 0) is 11.3 Å². The van der Waals surface area contributed by atoms with Gasteiger partial charge in [0.05, 0.1) is 11.8 Å². The lowest BCUT2D eigenvalue weighted by molar-refractivity contribution is 0.158. The molecule has 0 aliphatic rings. The van der Waals surface area contributed by atoms with Gasteiger partial charge in [0.2, 0.25) is 5.89 Å². The van der Waals surface area contributed by atoms with Gasteiger partial charge in [-0.1, -0.05) is 0 Å². The molecule has 0 aliphatic carbocycles. The summed E-state index contributed by atoms with van der Waals surface area (Å²) < 4.78 is 10.2. The average Bonchev–Trinajstić information content (AvgIpc) is 2.46. The number of hydrogen-bond donors (Lipinski definition) is 0. The summed E-state index contributed by atoms with van der Waals surface area (Å²) in [5.41, 5.74) is 0.765. The zero-order chi connectivity index (χ0) is 9.84. The minimum Gasteiger partial charge on any atom is -0.442 e. The van der Waals surface area contributed by atoms with Crippen molar-refractivity contribution in [3.63, 3.8) is 0 Å². The van der Waals surface area contributed by atoms with E-state index in [2.05, 4.69) is 11.1 Å². The van der Waals surface area contributed by atoms with E-state index in [0.717, 1.165) is 5.69 Å². The normalized spacial score (nSPS) is 12.5. The van der Waals surface area contributed by atoms with E-state index in [1.807, 2.05) is 6.92 Å². The number of nitriles is 1. The minimum absolute atomic E-state index is 0.252. The van der Waals surface area contributed by atoms with Crippen LogP contribution < -0.4 is 0 Å². The molecule has 70 valence electrons. The Kier molecular flexibility index (Phi) is 3.04. The second kappa shape index (κ2) is 4.06. The lowest BCUT2D eigenvalue weighted by Crippen LogP contribution is -1.88. The summed E-state index contributed by atoms with van der Waals surface area (Å²) >= 11 is 0. The molecule has 0 aromatic carbocycles. The van der Waals surface area contributed by atoms with Gasteiger partial charge in [-0.25, -0.2) is 4.98 Å². The summed E-state index contributed by atoms with van der Waals surface area (Å²) in [7, 11) is 1.58. The van der Waals surface area contributed by atoms with Crippen molar-refractivity contribution in [2.24, 2.45) is 0 Å². The maximum Gasteiger partial charge on any atom is 0.220 e. The van der Waals surface area contributed by atoms with Crippen LogP contribution in [0.3, 0.4) is 0 Å². The Labute approximate surface area is 77.1 Å². The SMILES string of the molecule is COCc1nc(C)c(C(C)C#N)o1. The van der Waals surface area contributed by atoms with E-state index in [4.69, 9.17) is 14.4 Å². The Morgan fingerprint density at radius 2 is 2.38 bits per heavy atom. The molecule has 1 aromatic heterocycles. The van der Waals surface area contributed by atoms with Crippen molar-refractivity contribution in [1.29, 1.82) is 5.26 Å². The van der Waals surface area contributed by atoms with Gasteiger partial charge < -0.3 is 9.15 Å². The van der Waals surface area contributed by atoms with Crippen molar-refractivity contribution >= 4 is 0 Å². The number of oxazole rings is 1. The van der Waals surface area contributed by atoms with Gasteiger partial charge in [-0.15, -0.1) is 0 Å². The number of nitrogens with zero attached hydrogens (tertiary/aromatic N) is 2. The number of aryl methyl sites for hydroxylation is 1. The number of ether oxygens (including phenoxy) is 1.